The summed E-state index contributed by atoms with van der Waals surface area (Å²) in [5.41, 5.74) is 3.56. The van der Waals surface area contributed by atoms with Crippen molar-refractivity contribution in [1.82, 2.24) is 30.1 Å². The van der Waals surface area contributed by atoms with E-state index >= 15 is 0 Å². The van der Waals surface area contributed by atoms with Crippen molar-refractivity contribution in [2.24, 2.45) is 0 Å². The van der Waals surface area contributed by atoms with Crippen molar-refractivity contribution in [3.05, 3.63) is 114 Å². The Morgan fingerprint density at radius 3 is 2.48 bits per heavy atom. The van der Waals surface area contributed by atoms with Crippen molar-refractivity contribution < 1.29 is 14.4 Å². The zero-order chi connectivity index (χ0) is 29.1. The Kier molecular flexibility index (Phi) is 7.83. The summed E-state index contributed by atoms with van der Waals surface area (Å²) >= 11 is 0. The molecular formula is C33H34N6O3. The molecule has 3 aromatic carbocycles. The van der Waals surface area contributed by atoms with Crippen molar-refractivity contribution in [2.45, 2.75) is 38.6 Å². The first-order chi connectivity index (χ1) is 20.5. The minimum atomic E-state index is -0.781. The van der Waals surface area contributed by atoms with Crippen LogP contribution in [0.15, 0.2) is 97.2 Å². The number of pyridine rings is 1. The molecule has 2 aliphatic rings. The number of nitrogens with zero attached hydrogens (tertiary/aromatic N) is 5. The second-order valence-electron chi connectivity index (χ2n) is 10.7. The van der Waals surface area contributed by atoms with Gasteiger partial charge in [0.05, 0.1) is 18.6 Å². The van der Waals surface area contributed by atoms with E-state index in [-0.39, 0.29) is 30.9 Å². The van der Waals surface area contributed by atoms with Gasteiger partial charge < -0.3 is 15.1 Å². The van der Waals surface area contributed by atoms with E-state index in [1.54, 1.807) is 21.0 Å². The van der Waals surface area contributed by atoms with Crippen molar-refractivity contribution >= 4 is 28.7 Å². The largest absolute Gasteiger partial charge is 0.333 e. The number of amides is 4. The number of carbonyl (C=O) groups is 3. The van der Waals surface area contributed by atoms with Crippen molar-refractivity contribution in [3.8, 4) is 0 Å². The summed E-state index contributed by atoms with van der Waals surface area (Å²) in [5.74, 6) is -0.307. The fourth-order valence-corrected chi connectivity index (χ4v) is 5.89. The third kappa shape index (κ3) is 5.43. The summed E-state index contributed by atoms with van der Waals surface area (Å²) in [6, 6.07) is 28.0. The maximum atomic E-state index is 14.1. The predicted molar refractivity (Wildman–Crippen MR) is 159 cm³/mol. The number of rotatable bonds is 8. The number of hydrogen-bond acceptors (Lipinski definition) is 5. The molecule has 4 amide bonds. The number of hydrogen-bond donors (Lipinski definition) is 1. The van der Waals surface area contributed by atoms with Gasteiger partial charge in [-0.2, -0.15) is 5.01 Å². The number of aromatic nitrogens is 1. The van der Waals surface area contributed by atoms with Crippen LogP contribution in [0.4, 0.5) is 4.79 Å². The van der Waals surface area contributed by atoms with Crippen LogP contribution in [0.25, 0.3) is 10.9 Å². The fourth-order valence-electron chi connectivity index (χ4n) is 5.89. The minimum Gasteiger partial charge on any atom is -0.333 e. The molecule has 6 rings (SSSR count). The molecule has 0 radical (unpaired) electrons. The first-order valence-corrected chi connectivity index (χ1v) is 14.4. The second kappa shape index (κ2) is 12.0. The Hall–Kier alpha value is -4.76. The highest BCUT2D eigenvalue weighted by atomic mass is 16.2. The summed E-state index contributed by atoms with van der Waals surface area (Å²) in [7, 11) is 0. The molecule has 42 heavy (non-hydrogen) atoms. The van der Waals surface area contributed by atoms with Gasteiger partial charge in [-0.1, -0.05) is 85.8 Å². The van der Waals surface area contributed by atoms with E-state index in [4.69, 9.17) is 0 Å². The number of fused-ring (bicyclic) bond motifs is 2. The molecule has 2 fully saturated rings. The molecule has 0 aliphatic carbocycles. The molecule has 0 saturated carbocycles. The molecule has 2 saturated heterocycles. The van der Waals surface area contributed by atoms with Gasteiger partial charge in [-0.25, -0.2) is 4.79 Å². The van der Waals surface area contributed by atoms with Crippen LogP contribution >= 0.6 is 0 Å². The van der Waals surface area contributed by atoms with Crippen LogP contribution in [0.1, 0.15) is 36.1 Å². The standard InChI is InChI=1S/C33H34N6O3/c1-2-18-37(33(42)35-20-24-10-5-3-6-11-24)38-23-30(40)39-29(38)22-36(32(41)31(39)27-12-7-4-8-13-27)21-25-15-16-26-14-9-17-34-28(26)19-25/h3-17,19,29,31H,2,18,20-23H2,1H3,(H,35,42)/t29-,31+/m1/s1. The van der Waals surface area contributed by atoms with Gasteiger partial charge in [0.15, 0.2) is 0 Å². The van der Waals surface area contributed by atoms with Crippen LogP contribution in [0.3, 0.4) is 0 Å². The van der Waals surface area contributed by atoms with E-state index < -0.39 is 12.2 Å². The van der Waals surface area contributed by atoms with E-state index in [9.17, 15) is 14.4 Å². The molecule has 214 valence electrons. The van der Waals surface area contributed by atoms with Crippen molar-refractivity contribution in [1.29, 1.82) is 0 Å². The molecular weight excluding hydrogens is 528 g/mol. The van der Waals surface area contributed by atoms with Gasteiger partial charge in [-0.3, -0.25) is 19.6 Å². The lowest BCUT2D eigenvalue weighted by molar-refractivity contribution is -0.158. The zero-order valence-electron chi connectivity index (χ0n) is 23.6. The van der Waals surface area contributed by atoms with Crippen molar-refractivity contribution in [3.63, 3.8) is 0 Å². The zero-order valence-corrected chi connectivity index (χ0v) is 23.6. The number of hydrazine groups is 1. The Balaban J connectivity index is 1.31. The highest BCUT2D eigenvalue weighted by Crippen LogP contribution is 2.36. The summed E-state index contributed by atoms with van der Waals surface area (Å²) in [4.78, 5) is 49.2. The van der Waals surface area contributed by atoms with E-state index in [2.05, 4.69) is 10.3 Å². The molecule has 9 nitrogen and oxygen atoms in total. The van der Waals surface area contributed by atoms with Crippen LogP contribution < -0.4 is 5.32 Å². The van der Waals surface area contributed by atoms with E-state index in [1.807, 2.05) is 103 Å². The topological polar surface area (TPSA) is 89.1 Å². The average molecular weight is 563 g/mol. The van der Waals surface area contributed by atoms with Crippen LogP contribution in [0.2, 0.25) is 0 Å². The summed E-state index contributed by atoms with van der Waals surface area (Å²) in [6.07, 6.45) is 1.98. The Bertz CT molecular complexity index is 1580. The molecule has 3 heterocycles. The molecule has 0 spiro atoms. The molecule has 4 aromatic rings. The molecule has 2 atom stereocenters. The van der Waals surface area contributed by atoms with E-state index in [0.29, 0.717) is 26.1 Å². The third-order valence-corrected chi connectivity index (χ3v) is 7.88. The van der Waals surface area contributed by atoms with Gasteiger partial charge in [0.25, 0.3) is 5.91 Å². The summed E-state index contributed by atoms with van der Waals surface area (Å²) < 4.78 is 0. The van der Waals surface area contributed by atoms with E-state index in [0.717, 1.165) is 27.6 Å². The van der Waals surface area contributed by atoms with Gasteiger partial charge in [-0.15, -0.1) is 0 Å². The maximum absolute atomic E-state index is 14.1. The summed E-state index contributed by atoms with van der Waals surface area (Å²) in [6.45, 7) is 3.50. The molecule has 2 aliphatic heterocycles. The highest BCUT2D eigenvalue weighted by Gasteiger charge is 2.52. The molecule has 9 heteroatoms. The van der Waals surface area contributed by atoms with Crippen LogP contribution in [-0.4, -0.2) is 68.4 Å². The Morgan fingerprint density at radius 2 is 1.71 bits per heavy atom. The lowest BCUT2D eigenvalue weighted by Gasteiger charge is -2.46. The lowest BCUT2D eigenvalue weighted by atomic mass is 10.00. The van der Waals surface area contributed by atoms with Gasteiger partial charge in [-0.05, 0) is 35.2 Å². The smallest absolute Gasteiger partial charge is 0.332 e. The normalized spacial score (nSPS) is 18.8. The highest BCUT2D eigenvalue weighted by molar-refractivity contribution is 5.92. The van der Waals surface area contributed by atoms with Gasteiger partial charge in [0.1, 0.15) is 12.2 Å². The number of benzene rings is 3. The van der Waals surface area contributed by atoms with Crippen LogP contribution in [-0.2, 0) is 22.7 Å². The predicted octanol–water partition coefficient (Wildman–Crippen LogP) is 4.33. The van der Waals surface area contributed by atoms with Gasteiger partial charge >= 0.3 is 6.03 Å². The third-order valence-electron chi connectivity index (χ3n) is 7.88. The summed E-state index contributed by atoms with van der Waals surface area (Å²) in [5, 5.41) is 7.53. The van der Waals surface area contributed by atoms with Crippen molar-refractivity contribution in [2.75, 3.05) is 19.6 Å². The Labute approximate surface area is 245 Å². The van der Waals surface area contributed by atoms with Gasteiger partial charge in [0.2, 0.25) is 5.91 Å². The van der Waals surface area contributed by atoms with Crippen LogP contribution in [0.5, 0.6) is 0 Å². The van der Waals surface area contributed by atoms with E-state index in [1.165, 1.54) is 0 Å². The molecule has 1 N–H and O–H groups in total. The maximum Gasteiger partial charge on any atom is 0.332 e. The molecule has 0 bridgehead atoms. The monoisotopic (exact) mass is 562 g/mol. The number of piperazine rings is 1. The lowest BCUT2D eigenvalue weighted by Crippen LogP contribution is -2.62. The first-order valence-electron chi connectivity index (χ1n) is 14.4. The Morgan fingerprint density at radius 1 is 0.952 bits per heavy atom. The average Bonchev–Trinajstić information content (AvgIpc) is 3.34. The quantitative estimate of drug-likeness (QED) is 0.346. The number of nitrogens with one attached hydrogen (secondary N) is 1. The second-order valence-corrected chi connectivity index (χ2v) is 10.7. The first kappa shape index (κ1) is 27.4. The molecule has 0 unspecified atom stereocenters. The van der Waals surface area contributed by atoms with Gasteiger partial charge in [0, 0.05) is 31.2 Å². The van der Waals surface area contributed by atoms with Crippen LogP contribution in [0, 0.1) is 0 Å². The fraction of sp³-hybridized carbons (Fsp3) is 0.273. The molecule has 1 aromatic heterocycles. The number of urea groups is 1. The SMILES string of the molecule is CCCN(C(=O)NCc1ccccc1)N1CC(=O)N2[C@@H](c3ccccc3)C(=O)N(Cc3ccc4cccnc4c3)C[C@@H]21. The minimum absolute atomic E-state index is 0.0216. The number of carbonyl (C=O) groups excluding carboxylic acids is 3.